The molecule has 2 aromatic carbocycles. The fraction of sp³-hybridized carbons (Fsp3) is 0.263. The number of carbonyl (C=O) groups excluding carboxylic acids is 2. The molecule has 0 aromatic heterocycles. The first-order valence-corrected chi connectivity index (χ1v) is 7.92. The number of hydrogen-bond donors (Lipinski definition) is 1. The van der Waals surface area contributed by atoms with Crippen molar-refractivity contribution in [3.05, 3.63) is 59.2 Å². The van der Waals surface area contributed by atoms with Gasteiger partial charge in [-0.25, -0.2) is 4.90 Å². The number of ether oxygens (including phenoxy) is 2. The number of fused-ring (bicyclic) bond motifs is 1. The number of methoxy groups -OCH3 is 2. The van der Waals surface area contributed by atoms with Crippen LogP contribution in [0.3, 0.4) is 0 Å². The summed E-state index contributed by atoms with van der Waals surface area (Å²) in [5.41, 5.74) is 1.57. The number of rotatable bonds is 6. The molecule has 0 saturated carbocycles. The molecule has 2 amide bonds. The van der Waals surface area contributed by atoms with Gasteiger partial charge in [-0.3, -0.25) is 9.59 Å². The maximum atomic E-state index is 12.4. The minimum Gasteiger partial charge on any atom is -0.493 e. The highest BCUT2D eigenvalue weighted by atomic mass is 16.5. The van der Waals surface area contributed by atoms with Gasteiger partial charge in [-0.2, -0.15) is 0 Å². The van der Waals surface area contributed by atoms with Crippen molar-refractivity contribution in [3.8, 4) is 11.5 Å². The molecule has 0 spiro atoms. The van der Waals surface area contributed by atoms with E-state index in [4.69, 9.17) is 9.47 Å². The van der Waals surface area contributed by atoms with Gasteiger partial charge in [-0.1, -0.05) is 18.2 Å². The summed E-state index contributed by atoms with van der Waals surface area (Å²) in [6.07, 6.45) is -0.462. The van der Waals surface area contributed by atoms with E-state index in [0.717, 1.165) is 10.5 Å². The second-order valence-electron chi connectivity index (χ2n) is 5.73. The van der Waals surface area contributed by atoms with Crippen molar-refractivity contribution in [1.82, 2.24) is 4.90 Å². The predicted molar refractivity (Wildman–Crippen MR) is 90.8 cm³/mol. The van der Waals surface area contributed by atoms with Crippen LogP contribution in [0.15, 0.2) is 42.5 Å². The van der Waals surface area contributed by atoms with Gasteiger partial charge in [-0.15, -0.1) is 0 Å². The third kappa shape index (κ3) is 3.08. The van der Waals surface area contributed by atoms with E-state index in [-0.39, 0.29) is 6.42 Å². The molecule has 25 heavy (non-hydrogen) atoms. The smallest absolute Gasteiger partial charge is 0.263 e. The average Bonchev–Trinajstić information content (AvgIpc) is 2.90. The topological polar surface area (TPSA) is 76.1 Å². The summed E-state index contributed by atoms with van der Waals surface area (Å²) in [5, 5.41) is 10.4. The third-order valence-electron chi connectivity index (χ3n) is 4.26. The van der Waals surface area contributed by atoms with Crippen LogP contribution in [0, 0.1) is 0 Å². The van der Waals surface area contributed by atoms with Crippen molar-refractivity contribution in [3.63, 3.8) is 0 Å². The third-order valence-corrected chi connectivity index (χ3v) is 4.26. The van der Waals surface area contributed by atoms with Crippen LogP contribution in [0.2, 0.25) is 0 Å². The molecule has 1 unspecified atom stereocenters. The summed E-state index contributed by atoms with van der Waals surface area (Å²) in [6.45, 7) is 0. The largest absolute Gasteiger partial charge is 0.493 e. The summed E-state index contributed by atoms with van der Waals surface area (Å²) in [4.78, 5) is 25.6. The van der Waals surface area contributed by atoms with E-state index in [9.17, 15) is 14.7 Å². The number of aryl methyl sites for hydroxylation is 1. The molecule has 6 nitrogen and oxygen atoms in total. The molecule has 2 aromatic rings. The molecule has 0 bridgehead atoms. The zero-order chi connectivity index (χ0) is 18.0. The van der Waals surface area contributed by atoms with Crippen LogP contribution >= 0.6 is 0 Å². The number of carbonyl (C=O) groups is 2. The highest BCUT2D eigenvalue weighted by Crippen LogP contribution is 2.29. The maximum absolute atomic E-state index is 12.4. The minimum atomic E-state index is -1.18. The first kappa shape index (κ1) is 17.0. The molecule has 1 heterocycles. The minimum absolute atomic E-state index is 0.237. The van der Waals surface area contributed by atoms with Crippen LogP contribution in [0.4, 0.5) is 0 Å². The van der Waals surface area contributed by atoms with E-state index < -0.39 is 18.0 Å². The lowest BCUT2D eigenvalue weighted by Gasteiger charge is -2.21. The lowest BCUT2D eigenvalue weighted by Crippen LogP contribution is -2.40. The Morgan fingerprint density at radius 2 is 1.56 bits per heavy atom. The Balaban J connectivity index is 1.71. The summed E-state index contributed by atoms with van der Waals surface area (Å²) in [5.74, 6) is 0.295. The molecular weight excluding hydrogens is 322 g/mol. The molecule has 0 aliphatic carbocycles. The molecule has 6 heteroatoms. The molecule has 130 valence electrons. The van der Waals surface area contributed by atoms with Gasteiger partial charge < -0.3 is 14.6 Å². The monoisotopic (exact) mass is 341 g/mol. The van der Waals surface area contributed by atoms with Crippen molar-refractivity contribution in [2.75, 3.05) is 14.2 Å². The van der Waals surface area contributed by atoms with Crippen LogP contribution in [-0.2, 0) is 6.42 Å². The Labute approximate surface area is 145 Å². The fourth-order valence-electron chi connectivity index (χ4n) is 2.94. The first-order chi connectivity index (χ1) is 12.1. The van der Waals surface area contributed by atoms with Crippen molar-refractivity contribution >= 4 is 11.8 Å². The molecule has 1 N–H and O–H groups in total. The number of aliphatic hydroxyl groups excluding tert-OH is 1. The van der Waals surface area contributed by atoms with Crippen molar-refractivity contribution < 1.29 is 24.2 Å². The number of aliphatic hydroxyl groups is 1. The average molecular weight is 341 g/mol. The van der Waals surface area contributed by atoms with Gasteiger partial charge in [0.25, 0.3) is 11.8 Å². The Bertz CT molecular complexity index is 782. The van der Waals surface area contributed by atoms with Crippen molar-refractivity contribution in [1.29, 1.82) is 0 Å². The Kier molecular flexibility index (Phi) is 4.72. The van der Waals surface area contributed by atoms with Crippen LogP contribution in [0.5, 0.6) is 11.5 Å². The number of nitrogens with zero attached hydrogens (tertiary/aromatic N) is 1. The molecule has 0 fully saturated rings. The summed E-state index contributed by atoms with van der Waals surface area (Å²) in [6, 6.07) is 12.0. The van der Waals surface area contributed by atoms with E-state index in [2.05, 4.69) is 0 Å². The summed E-state index contributed by atoms with van der Waals surface area (Å²) >= 11 is 0. The van der Waals surface area contributed by atoms with Gasteiger partial charge in [0.1, 0.15) is 6.23 Å². The van der Waals surface area contributed by atoms with Gasteiger partial charge in [0.2, 0.25) is 0 Å². The molecule has 3 rings (SSSR count). The van der Waals surface area contributed by atoms with Crippen LogP contribution in [0.1, 0.15) is 32.7 Å². The summed E-state index contributed by atoms with van der Waals surface area (Å²) in [7, 11) is 3.11. The second-order valence-corrected chi connectivity index (χ2v) is 5.73. The Morgan fingerprint density at radius 3 is 2.12 bits per heavy atom. The molecule has 0 saturated heterocycles. The van der Waals surface area contributed by atoms with Crippen LogP contribution in [0.25, 0.3) is 0 Å². The first-order valence-electron chi connectivity index (χ1n) is 7.92. The predicted octanol–water partition coefficient (Wildman–Crippen LogP) is 2.25. The number of benzene rings is 2. The molecule has 1 aliphatic rings. The highest BCUT2D eigenvalue weighted by Gasteiger charge is 2.38. The Morgan fingerprint density at radius 1 is 0.960 bits per heavy atom. The quantitative estimate of drug-likeness (QED) is 0.816. The number of hydrogen-bond acceptors (Lipinski definition) is 5. The van der Waals surface area contributed by atoms with Crippen LogP contribution in [-0.4, -0.2) is 42.3 Å². The van der Waals surface area contributed by atoms with Gasteiger partial charge in [0.05, 0.1) is 25.3 Å². The molecule has 1 atom stereocenters. The van der Waals surface area contributed by atoms with Gasteiger partial charge in [0, 0.05) is 0 Å². The van der Waals surface area contributed by atoms with Gasteiger partial charge in [-0.05, 0) is 42.7 Å². The normalized spacial score (nSPS) is 14.4. The van der Waals surface area contributed by atoms with Gasteiger partial charge in [0.15, 0.2) is 11.5 Å². The lowest BCUT2D eigenvalue weighted by atomic mass is 10.1. The number of amides is 2. The van der Waals surface area contributed by atoms with E-state index in [1.807, 2.05) is 12.1 Å². The van der Waals surface area contributed by atoms with Gasteiger partial charge >= 0.3 is 0 Å². The molecule has 1 aliphatic heterocycles. The Hall–Kier alpha value is -2.86. The molecular formula is C19H19NO5. The van der Waals surface area contributed by atoms with E-state index >= 15 is 0 Å². The summed E-state index contributed by atoms with van der Waals surface area (Å²) < 4.78 is 10.4. The highest BCUT2D eigenvalue weighted by molar-refractivity contribution is 6.21. The second kappa shape index (κ2) is 6.94. The fourth-order valence-corrected chi connectivity index (χ4v) is 2.94. The van der Waals surface area contributed by atoms with Crippen LogP contribution < -0.4 is 9.47 Å². The van der Waals surface area contributed by atoms with E-state index in [0.29, 0.717) is 29.0 Å². The number of imide groups is 1. The van der Waals surface area contributed by atoms with Crippen molar-refractivity contribution in [2.24, 2.45) is 0 Å². The van der Waals surface area contributed by atoms with E-state index in [1.165, 1.54) is 0 Å². The van der Waals surface area contributed by atoms with Crippen molar-refractivity contribution in [2.45, 2.75) is 19.1 Å². The molecule has 0 radical (unpaired) electrons. The zero-order valence-corrected chi connectivity index (χ0v) is 14.1. The maximum Gasteiger partial charge on any atom is 0.263 e. The SMILES string of the molecule is COc1ccc(CCC(O)N2C(=O)c3ccccc3C2=O)cc1OC. The standard InChI is InChI=1S/C19H19NO5/c1-24-15-9-7-12(11-16(15)25-2)8-10-17(21)20-18(22)13-5-3-4-6-14(13)19(20)23/h3-7,9,11,17,21H,8,10H2,1-2H3. The lowest BCUT2D eigenvalue weighted by molar-refractivity contribution is 0.0108. The zero-order valence-electron chi connectivity index (χ0n) is 14.1. The van der Waals surface area contributed by atoms with E-state index in [1.54, 1.807) is 44.6 Å².